The monoisotopic (exact) mass is 380 g/mol. The lowest BCUT2D eigenvalue weighted by molar-refractivity contribution is 0.589. The topological polar surface area (TPSA) is 49.4 Å². The van der Waals surface area contributed by atoms with Gasteiger partial charge in [0.2, 0.25) is 0 Å². The molecule has 0 saturated carbocycles. The molecule has 22 heavy (non-hydrogen) atoms. The Morgan fingerprint density at radius 3 is 2.45 bits per heavy atom. The number of hydrogen-bond acceptors (Lipinski definition) is 3. The maximum absolute atomic E-state index is 13.2. The fourth-order valence-electron chi connectivity index (χ4n) is 2.92. The minimum Gasteiger partial charge on any atom is -0.382 e. The van der Waals surface area contributed by atoms with Crippen LogP contribution in [0.4, 0.5) is 11.4 Å². The number of fused-ring (bicyclic) bond motifs is 1. The van der Waals surface area contributed by atoms with Crippen LogP contribution in [0.15, 0.2) is 45.8 Å². The average molecular weight is 381 g/mol. The highest BCUT2D eigenvalue weighted by Gasteiger charge is 2.31. The summed E-state index contributed by atoms with van der Waals surface area (Å²) in [6.45, 7) is 4.69. The minimum atomic E-state index is -3.58. The molecule has 0 amide bonds. The van der Waals surface area contributed by atoms with Crippen molar-refractivity contribution in [1.29, 1.82) is 0 Å². The molecule has 3 rings (SSSR count). The second-order valence-electron chi connectivity index (χ2n) is 5.39. The van der Waals surface area contributed by atoms with E-state index in [1.165, 1.54) is 4.31 Å². The summed E-state index contributed by atoms with van der Waals surface area (Å²) >= 11 is 3.42. The van der Waals surface area contributed by atoms with Gasteiger partial charge in [-0.05, 0) is 49.2 Å². The summed E-state index contributed by atoms with van der Waals surface area (Å²) in [6.07, 6.45) is 0. The van der Waals surface area contributed by atoms with E-state index >= 15 is 0 Å². The number of benzene rings is 2. The molecule has 4 nitrogen and oxygen atoms in total. The number of rotatable bonds is 2. The Bertz CT molecular complexity index is 811. The molecule has 0 aliphatic carbocycles. The van der Waals surface area contributed by atoms with Crippen molar-refractivity contribution in [2.45, 2.75) is 18.7 Å². The molecule has 2 aromatic carbocycles. The number of anilines is 2. The first kappa shape index (κ1) is 15.4. The second kappa shape index (κ2) is 5.59. The summed E-state index contributed by atoms with van der Waals surface area (Å²) in [6, 6.07) is 11.2. The van der Waals surface area contributed by atoms with Gasteiger partial charge in [0.25, 0.3) is 10.0 Å². The Balaban J connectivity index is 2.17. The molecule has 0 atom stereocenters. The molecule has 6 heteroatoms. The van der Waals surface area contributed by atoms with Crippen molar-refractivity contribution < 1.29 is 8.42 Å². The van der Waals surface area contributed by atoms with Crippen molar-refractivity contribution in [1.82, 2.24) is 0 Å². The van der Waals surface area contributed by atoms with E-state index in [1.807, 2.05) is 50.2 Å². The average Bonchev–Trinajstić information content (AvgIpc) is 2.45. The fraction of sp³-hybridized carbons (Fsp3) is 0.250. The SMILES string of the molecule is Cc1cc(Br)cc(C)c1S(=O)(=O)N1CCNc2ccccc21. The van der Waals surface area contributed by atoms with Gasteiger partial charge in [-0.3, -0.25) is 4.31 Å². The number of nitrogens with one attached hydrogen (secondary N) is 1. The summed E-state index contributed by atoms with van der Waals surface area (Å²) in [7, 11) is -3.58. The summed E-state index contributed by atoms with van der Waals surface area (Å²) in [5, 5.41) is 3.24. The van der Waals surface area contributed by atoms with Crippen LogP contribution in [-0.2, 0) is 10.0 Å². The molecule has 0 bridgehead atoms. The van der Waals surface area contributed by atoms with Crippen LogP contribution in [0.5, 0.6) is 0 Å². The maximum Gasteiger partial charge on any atom is 0.264 e. The summed E-state index contributed by atoms with van der Waals surface area (Å²) in [5.41, 5.74) is 3.06. The lowest BCUT2D eigenvalue weighted by atomic mass is 10.2. The van der Waals surface area contributed by atoms with Gasteiger partial charge in [-0.1, -0.05) is 28.1 Å². The number of nitrogens with zero attached hydrogens (tertiary/aromatic N) is 1. The Morgan fingerprint density at radius 2 is 1.77 bits per heavy atom. The molecule has 0 spiro atoms. The minimum absolute atomic E-state index is 0.396. The summed E-state index contributed by atoms with van der Waals surface area (Å²) in [4.78, 5) is 0.396. The van der Waals surface area contributed by atoms with Gasteiger partial charge in [0.1, 0.15) is 0 Å². The van der Waals surface area contributed by atoms with E-state index in [1.54, 1.807) is 0 Å². The molecule has 116 valence electrons. The fourth-order valence-corrected chi connectivity index (χ4v) is 5.51. The molecular formula is C16H17BrN2O2S. The first-order valence-electron chi connectivity index (χ1n) is 7.03. The van der Waals surface area contributed by atoms with Crippen LogP contribution in [0.1, 0.15) is 11.1 Å². The van der Waals surface area contributed by atoms with Crippen LogP contribution < -0.4 is 9.62 Å². The number of aryl methyl sites for hydroxylation is 2. The lowest BCUT2D eigenvalue weighted by Crippen LogP contribution is -2.39. The smallest absolute Gasteiger partial charge is 0.264 e. The highest BCUT2D eigenvalue weighted by atomic mass is 79.9. The van der Waals surface area contributed by atoms with E-state index in [-0.39, 0.29) is 0 Å². The number of para-hydroxylation sites is 2. The number of hydrogen-bond donors (Lipinski definition) is 1. The third-order valence-corrected chi connectivity index (χ3v) is 6.35. The van der Waals surface area contributed by atoms with E-state index in [9.17, 15) is 8.42 Å². The third-order valence-electron chi connectivity index (χ3n) is 3.78. The number of sulfonamides is 1. The van der Waals surface area contributed by atoms with Gasteiger partial charge in [-0.25, -0.2) is 8.42 Å². The normalized spacial score (nSPS) is 14.4. The van der Waals surface area contributed by atoms with Gasteiger partial charge in [0.15, 0.2) is 0 Å². The largest absolute Gasteiger partial charge is 0.382 e. The molecule has 1 aliphatic rings. The quantitative estimate of drug-likeness (QED) is 0.863. The van der Waals surface area contributed by atoms with Crippen LogP contribution in [0.3, 0.4) is 0 Å². The second-order valence-corrected chi connectivity index (χ2v) is 8.10. The maximum atomic E-state index is 13.2. The third kappa shape index (κ3) is 2.50. The summed E-state index contributed by atoms with van der Waals surface area (Å²) < 4.78 is 28.8. The lowest BCUT2D eigenvalue weighted by Gasteiger charge is -2.32. The first-order chi connectivity index (χ1) is 10.4. The summed E-state index contributed by atoms with van der Waals surface area (Å²) in [5.74, 6) is 0. The van der Waals surface area contributed by atoms with Gasteiger partial charge >= 0.3 is 0 Å². The molecule has 1 aliphatic heterocycles. The molecule has 1 heterocycles. The molecule has 0 aromatic heterocycles. The molecule has 0 saturated heterocycles. The van der Waals surface area contributed by atoms with Crippen molar-refractivity contribution in [2.24, 2.45) is 0 Å². The highest BCUT2D eigenvalue weighted by molar-refractivity contribution is 9.10. The van der Waals surface area contributed by atoms with Gasteiger partial charge in [-0.15, -0.1) is 0 Å². The van der Waals surface area contributed by atoms with Gasteiger partial charge in [0, 0.05) is 11.0 Å². The van der Waals surface area contributed by atoms with Crippen LogP contribution in [-0.4, -0.2) is 21.5 Å². The molecular weight excluding hydrogens is 364 g/mol. The van der Waals surface area contributed by atoms with Gasteiger partial charge in [-0.2, -0.15) is 0 Å². The molecule has 0 unspecified atom stereocenters. The first-order valence-corrected chi connectivity index (χ1v) is 9.27. The predicted octanol–water partition coefficient (Wildman–Crippen LogP) is 3.69. The standard InChI is InChI=1S/C16H17BrN2O2S/c1-11-9-13(17)10-12(2)16(11)22(20,21)19-8-7-18-14-5-3-4-6-15(14)19/h3-6,9-10,18H,7-8H2,1-2H3. The Labute approximate surface area is 139 Å². The Kier molecular flexibility index (Phi) is 3.91. The zero-order chi connectivity index (χ0) is 15.9. The van der Waals surface area contributed by atoms with E-state index in [0.717, 1.165) is 21.3 Å². The molecule has 2 aromatic rings. The predicted molar refractivity (Wildman–Crippen MR) is 93.1 cm³/mol. The van der Waals surface area contributed by atoms with Crippen LogP contribution in [0.25, 0.3) is 0 Å². The zero-order valence-electron chi connectivity index (χ0n) is 12.4. The Morgan fingerprint density at radius 1 is 1.14 bits per heavy atom. The van der Waals surface area contributed by atoms with E-state index in [0.29, 0.717) is 23.7 Å². The van der Waals surface area contributed by atoms with Crippen molar-refractivity contribution in [3.05, 3.63) is 52.0 Å². The molecule has 0 fully saturated rings. The van der Waals surface area contributed by atoms with Gasteiger partial charge < -0.3 is 5.32 Å². The van der Waals surface area contributed by atoms with E-state index in [4.69, 9.17) is 0 Å². The number of halogens is 1. The van der Waals surface area contributed by atoms with Crippen LogP contribution in [0, 0.1) is 13.8 Å². The highest BCUT2D eigenvalue weighted by Crippen LogP contribution is 2.35. The van der Waals surface area contributed by atoms with Crippen molar-refractivity contribution in [2.75, 3.05) is 22.7 Å². The van der Waals surface area contributed by atoms with Crippen molar-refractivity contribution >= 4 is 37.3 Å². The van der Waals surface area contributed by atoms with Crippen LogP contribution in [0.2, 0.25) is 0 Å². The van der Waals surface area contributed by atoms with Crippen molar-refractivity contribution in [3.63, 3.8) is 0 Å². The Hall–Kier alpha value is -1.53. The van der Waals surface area contributed by atoms with Gasteiger partial charge in [0.05, 0.1) is 22.8 Å². The molecule has 0 radical (unpaired) electrons. The van der Waals surface area contributed by atoms with E-state index in [2.05, 4.69) is 21.2 Å². The molecule has 1 N–H and O–H groups in total. The van der Waals surface area contributed by atoms with Crippen molar-refractivity contribution in [3.8, 4) is 0 Å². The van der Waals surface area contributed by atoms with Crippen LogP contribution >= 0.6 is 15.9 Å². The van der Waals surface area contributed by atoms with E-state index < -0.39 is 10.0 Å². The zero-order valence-corrected chi connectivity index (χ0v) is 14.8.